The minimum absolute atomic E-state index is 0.0138. The van der Waals surface area contributed by atoms with Crippen LogP contribution in [-0.4, -0.2) is 46.8 Å². The van der Waals surface area contributed by atoms with Gasteiger partial charge in [-0.15, -0.1) is 0 Å². The van der Waals surface area contributed by atoms with Gasteiger partial charge in [0.05, 0.1) is 15.8 Å². The van der Waals surface area contributed by atoms with E-state index in [-0.39, 0.29) is 28.0 Å². The van der Waals surface area contributed by atoms with Gasteiger partial charge in [0.2, 0.25) is 10.0 Å². The molecule has 0 aliphatic carbocycles. The van der Waals surface area contributed by atoms with Crippen LogP contribution in [0.25, 0.3) is 10.9 Å². The van der Waals surface area contributed by atoms with E-state index in [4.69, 9.17) is 5.11 Å². The minimum atomic E-state index is -4.16. The van der Waals surface area contributed by atoms with Gasteiger partial charge in [0.15, 0.2) is 0 Å². The predicted molar refractivity (Wildman–Crippen MR) is 85.1 cm³/mol. The van der Waals surface area contributed by atoms with Crippen molar-refractivity contribution in [2.24, 2.45) is 0 Å². The van der Waals surface area contributed by atoms with E-state index in [1.165, 1.54) is 18.3 Å². The monoisotopic (exact) mass is 353 g/mol. The molecular formula is C14H15N3O6S. The summed E-state index contributed by atoms with van der Waals surface area (Å²) in [5.41, 5.74) is -0.324. The lowest BCUT2D eigenvalue weighted by molar-refractivity contribution is -0.383. The molecule has 0 saturated heterocycles. The Morgan fingerprint density at radius 2 is 2.08 bits per heavy atom. The molecule has 0 fully saturated rings. The zero-order chi connectivity index (χ0) is 17.9. The number of fused-ring (bicyclic) bond motifs is 1. The molecule has 1 heterocycles. The van der Waals surface area contributed by atoms with E-state index in [0.717, 1.165) is 16.4 Å². The number of aliphatic carboxylic acids is 1. The number of hydrogen-bond donors (Lipinski definition) is 1. The highest BCUT2D eigenvalue weighted by Crippen LogP contribution is 2.30. The Balaban J connectivity index is 2.68. The van der Waals surface area contributed by atoms with Gasteiger partial charge in [0, 0.05) is 18.8 Å². The van der Waals surface area contributed by atoms with Crippen LogP contribution in [0.15, 0.2) is 35.4 Å². The van der Waals surface area contributed by atoms with Crippen molar-refractivity contribution in [3.8, 4) is 0 Å². The molecule has 0 aliphatic heterocycles. The summed E-state index contributed by atoms with van der Waals surface area (Å²) in [6, 6.07) is 5.04. The second-order valence-electron chi connectivity index (χ2n) is 4.97. The first-order valence-corrected chi connectivity index (χ1v) is 8.47. The van der Waals surface area contributed by atoms with Crippen molar-refractivity contribution >= 4 is 32.6 Å². The first kappa shape index (κ1) is 17.8. The molecule has 1 N–H and O–H groups in total. The molecule has 2 rings (SSSR count). The van der Waals surface area contributed by atoms with Gasteiger partial charge >= 0.3 is 5.97 Å². The Labute approximate surface area is 137 Å². The lowest BCUT2D eigenvalue weighted by Crippen LogP contribution is -2.36. The fourth-order valence-electron chi connectivity index (χ4n) is 2.32. The van der Waals surface area contributed by atoms with Crippen LogP contribution in [0.5, 0.6) is 0 Å². The molecule has 128 valence electrons. The third-order valence-corrected chi connectivity index (χ3v) is 5.19. The highest BCUT2D eigenvalue weighted by molar-refractivity contribution is 7.89. The van der Waals surface area contributed by atoms with Crippen LogP contribution in [0.1, 0.15) is 13.3 Å². The number of pyridine rings is 1. The second kappa shape index (κ2) is 6.89. The summed E-state index contributed by atoms with van der Waals surface area (Å²) in [6.07, 6.45) is 1.75. The topological polar surface area (TPSA) is 131 Å². The van der Waals surface area contributed by atoms with E-state index < -0.39 is 27.5 Å². The van der Waals surface area contributed by atoms with Gasteiger partial charge in [-0.2, -0.15) is 4.31 Å². The number of hydrogen-bond acceptors (Lipinski definition) is 6. The van der Waals surface area contributed by atoms with Crippen molar-refractivity contribution in [3.05, 3.63) is 40.6 Å². The molecule has 24 heavy (non-hydrogen) atoms. The minimum Gasteiger partial charge on any atom is -0.480 e. The van der Waals surface area contributed by atoms with Crippen LogP contribution >= 0.6 is 0 Å². The number of aromatic nitrogens is 1. The smallest absolute Gasteiger partial charge is 0.318 e. The SMILES string of the molecule is CCCN(CC(=O)O)S(=O)(=O)c1ccc([N+](=O)[O-])c2cccnc12. The molecule has 1 aromatic carbocycles. The van der Waals surface area contributed by atoms with Gasteiger partial charge in [-0.25, -0.2) is 8.42 Å². The third-order valence-electron chi connectivity index (χ3n) is 3.31. The van der Waals surface area contributed by atoms with Gasteiger partial charge in [-0.3, -0.25) is 19.9 Å². The predicted octanol–water partition coefficient (Wildman–Crippen LogP) is 1.63. The number of sulfonamides is 1. The van der Waals surface area contributed by atoms with Crippen LogP contribution in [0.3, 0.4) is 0 Å². The largest absolute Gasteiger partial charge is 0.480 e. The molecule has 0 amide bonds. The number of carbonyl (C=O) groups is 1. The Morgan fingerprint density at radius 3 is 2.67 bits per heavy atom. The molecular weight excluding hydrogens is 338 g/mol. The highest BCUT2D eigenvalue weighted by atomic mass is 32.2. The molecule has 0 saturated carbocycles. The molecule has 0 spiro atoms. The summed E-state index contributed by atoms with van der Waals surface area (Å²) in [7, 11) is -4.16. The van der Waals surface area contributed by atoms with E-state index in [0.29, 0.717) is 6.42 Å². The molecule has 2 aromatic rings. The first-order valence-electron chi connectivity index (χ1n) is 7.03. The fourth-order valence-corrected chi connectivity index (χ4v) is 3.95. The van der Waals surface area contributed by atoms with Crippen LogP contribution < -0.4 is 0 Å². The quantitative estimate of drug-likeness (QED) is 0.591. The number of carboxylic acids is 1. The van der Waals surface area contributed by atoms with E-state index >= 15 is 0 Å². The van der Waals surface area contributed by atoms with E-state index in [2.05, 4.69) is 4.98 Å². The van der Waals surface area contributed by atoms with Gasteiger partial charge in [0.1, 0.15) is 11.4 Å². The standard InChI is InChI=1S/C14H15N3O6S/c1-2-8-16(9-13(18)19)24(22,23)12-6-5-11(17(20)21)10-4-3-7-15-14(10)12/h3-7H,2,8-9H2,1H3,(H,18,19). The van der Waals surface area contributed by atoms with E-state index in [1.807, 2.05) is 0 Å². The van der Waals surface area contributed by atoms with Crippen LogP contribution in [0.2, 0.25) is 0 Å². The van der Waals surface area contributed by atoms with Gasteiger partial charge < -0.3 is 5.11 Å². The zero-order valence-electron chi connectivity index (χ0n) is 12.7. The highest BCUT2D eigenvalue weighted by Gasteiger charge is 2.30. The molecule has 0 unspecified atom stereocenters. The Hall–Kier alpha value is -2.59. The van der Waals surface area contributed by atoms with Crippen molar-refractivity contribution in [1.82, 2.24) is 9.29 Å². The number of nitro groups is 1. The van der Waals surface area contributed by atoms with Crippen LogP contribution in [0.4, 0.5) is 5.69 Å². The Morgan fingerprint density at radius 1 is 1.38 bits per heavy atom. The van der Waals surface area contributed by atoms with Crippen molar-refractivity contribution in [1.29, 1.82) is 0 Å². The van der Waals surface area contributed by atoms with Crippen LogP contribution in [0, 0.1) is 10.1 Å². The molecule has 1 aromatic heterocycles. The Kier molecular flexibility index (Phi) is 5.10. The molecule has 10 heteroatoms. The fraction of sp³-hybridized carbons (Fsp3) is 0.286. The average Bonchev–Trinajstić information content (AvgIpc) is 2.52. The maximum Gasteiger partial charge on any atom is 0.318 e. The van der Waals surface area contributed by atoms with Crippen molar-refractivity contribution < 1.29 is 23.2 Å². The Bertz CT molecular complexity index is 897. The molecule has 0 bridgehead atoms. The maximum atomic E-state index is 12.8. The zero-order valence-corrected chi connectivity index (χ0v) is 13.6. The number of carboxylic acid groups (broad SMARTS) is 1. The lowest BCUT2D eigenvalue weighted by atomic mass is 10.2. The third kappa shape index (κ3) is 3.34. The summed E-state index contributed by atoms with van der Waals surface area (Å²) < 4.78 is 26.4. The molecule has 0 atom stereocenters. The van der Waals surface area contributed by atoms with Gasteiger partial charge in [-0.05, 0) is 24.6 Å². The lowest BCUT2D eigenvalue weighted by Gasteiger charge is -2.20. The maximum absolute atomic E-state index is 12.8. The summed E-state index contributed by atoms with van der Waals surface area (Å²) in [6.45, 7) is 1.04. The summed E-state index contributed by atoms with van der Waals surface area (Å²) in [5.74, 6) is -1.29. The van der Waals surface area contributed by atoms with E-state index in [9.17, 15) is 23.3 Å². The van der Waals surface area contributed by atoms with Crippen LogP contribution in [-0.2, 0) is 14.8 Å². The first-order chi connectivity index (χ1) is 11.3. The number of non-ortho nitro benzene ring substituents is 1. The molecule has 0 radical (unpaired) electrons. The van der Waals surface area contributed by atoms with Crippen molar-refractivity contribution in [2.75, 3.05) is 13.1 Å². The number of nitrogens with zero attached hydrogens (tertiary/aromatic N) is 3. The number of benzene rings is 1. The molecule has 9 nitrogen and oxygen atoms in total. The summed E-state index contributed by atoms with van der Waals surface area (Å²) >= 11 is 0. The second-order valence-corrected chi connectivity index (χ2v) is 6.88. The van der Waals surface area contributed by atoms with Crippen molar-refractivity contribution in [3.63, 3.8) is 0 Å². The number of rotatable bonds is 7. The van der Waals surface area contributed by atoms with Crippen molar-refractivity contribution in [2.45, 2.75) is 18.2 Å². The summed E-state index contributed by atoms with van der Waals surface area (Å²) in [4.78, 5) is 25.1. The van der Waals surface area contributed by atoms with Gasteiger partial charge in [-0.1, -0.05) is 6.92 Å². The van der Waals surface area contributed by atoms with Gasteiger partial charge in [0.25, 0.3) is 5.69 Å². The normalized spacial score (nSPS) is 11.8. The molecule has 0 aliphatic rings. The van der Waals surface area contributed by atoms with E-state index in [1.54, 1.807) is 6.92 Å². The average molecular weight is 353 g/mol. The number of nitro benzene ring substituents is 1. The summed E-state index contributed by atoms with van der Waals surface area (Å²) in [5, 5.41) is 20.1.